The molecule has 0 bridgehead atoms. The second-order valence-electron chi connectivity index (χ2n) is 4.92. The van der Waals surface area contributed by atoms with Crippen molar-refractivity contribution in [2.24, 2.45) is 0 Å². The van der Waals surface area contributed by atoms with Gasteiger partial charge in [0.2, 0.25) is 0 Å². The summed E-state index contributed by atoms with van der Waals surface area (Å²) < 4.78 is 1.09. The van der Waals surface area contributed by atoms with Crippen molar-refractivity contribution in [3.05, 3.63) is 69.8 Å². The van der Waals surface area contributed by atoms with E-state index in [9.17, 15) is 0 Å². The summed E-state index contributed by atoms with van der Waals surface area (Å²) in [7, 11) is 0. The molecule has 0 aliphatic heterocycles. The largest absolute Gasteiger partial charge is 0.377 e. The Hall–Kier alpha value is -1.58. The van der Waals surface area contributed by atoms with Crippen molar-refractivity contribution >= 4 is 44.1 Å². The number of fused-ring (bicyclic) bond motifs is 1. The number of nitrogens with one attached hydrogen (secondary N) is 1. The zero-order valence-corrected chi connectivity index (χ0v) is 13.8. The fourth-order valence-corrected chi connectivity index (χ4v) is 3.26. The van der Waals surface area contributed by atoms with E-state index in [1.807, 2.05) is 42.5 Å². The van der Waals surface area contributed by atoms with Gasteiger partial charge in [0.25, 0.3) is 0 Å². The highest BCUT2D eigenvalue weighted by atomic mass is 79.9. The molecule has 106 valence electrons. The fourth-order valence-electron chi connectivity index (χ4n) is 2.40. The summed E-state index contributed by atoms with van der Waals surface area (Å²) in [6.07, 6.45) is 1.80. The van der Waals surface area contributed by atoms with Crippen LogP contribution in [-0.4, -0.2) is 4.98 Å². The number of pyridine rings is 1. The smallest absolute Gasteiger partial charge is 0.0934 e. The van der Waals surface area contributed by atoms with E-state index in [4.69, 9.17) is 11.6 Å². The standard InChI is InChI=1S/C17H14BrClN2/c1-11(14-6-2-3-7-15(14)18)21-16-10-13(19)9-12-5-4-8-20-17(12)16/h2-11,21H,1H3. The number of benzene rings is 2. The Morgan fingerprint density at radius 1 is 1.14 bits per heavy atom. The van der Waals surface area contributed by atoms with Crippen molar-refractivity contribution in [2.45, 2.75) is 13.0 Å². The Balaban J connectivity index is 2.00. The summed E-state index contributed by atoms with van der Waals surface area (Å²) in [5.41, 5.74) is 3.07. The maximum atomic E-state index is 6.21. The van der Waals surface area contributed by atoms with Crippen LogP contribution in [0.5, 0.6) is 0 Å². The number of aromatic nitrogens is 1. The average molecular weight is 362 g/mol. The number of anilines is 1. The van der Waals surface area contributed by atoms with Gasteiger partial charge in [-0.2, -0.15) is 0 Å². The Kier molecular flexibility index (Phi) is 4.13. The summed E-state index contributed by atoms with van der Waals surface area (Å²) in [6, 6.07) is 16.1. The van der Waals surface area contributed by atoms with Crippen molar-refractivity contribution in [2.75, 3.05) is 5.32 Å². The zero-order chi connectivity index (χ0) is 14.8. The van der Waals surface area contributed by atoms with E-state index in [2.05, 4.69) is 39.2 Å². The predicted molar refractivity (Wildman–Crippen MR) is 92.9 cm³/mol. The van der Waals surface area contributed by atoms with Crippen molar-refractivity contribution in [3.8, 4) is 0 Å². The van der Waals surface area contributed by atoms with Crippen LogP contribution in [0.25, 0.3) is 10.9 Å². The van der Waals surface area contributed by atoms with E-state index in [-0.39, 0.29) is 6.04 Å². The molecule has 1 unspecified atom stereocenters. The van der Waals surface area contributed by atoms with Crippen molar-refractivity contribution in [1.29, 1.82) is 0 Å². The Labute approximate surface area is 137 Å². The molecule has 0 aliphatic carbocycles. The lowest BCUT2D eigenvalue weighted by Crippen LogP contribution is -2.08. The van der Waals surface area contributed by atoms with Crippen LogP contribution in [0.4, 0.5) is 5.69 Å². The molecule has 1 atom stereocenters. The summed E-state index contributed by atoms with van der Waals surface area (Å²) in [5.74, 6) is 0. The number of hydrogen-bond donors (Lipinski definition) is 1. The van der Waals surface area contributed by atoms with Gasteiger partial charge in [0.15, 0.2) is 0 Å². The lowest BCUT2D eigenvalue weighted by Gasteiger charge is -2.18. The van der Waals surface area contributed by atoms with Gasteiger partial charge in [-0.15, -0.1) is 0 Å². The number of nitrogens with zero attached hydrogens (tertiary/aromatic N) is 1. The van der Waals surface area contributed by atoms with E-state index in [1.54, 1.807) is 6.20 Å². The maximum Gasteiger partial charge on any atom is 0.0934 e. The molecule has 0 saturated heterocycles. The van der Waals surface area contributed by atoms with Gasteiger partial charge in [-0.05, 0) is 36.8 Å². The molecule has 0 saturated carbocycles. The highest BCUT2D eigenvalue weighted by Crippen LogP contribution is 2.31. The van der Waals surface area contributed by atoms with Crippen molar-refractivity contribution < 1.29 is 0 Å². The quantitative estimate of drug-likeness (QED) is 0.635. The summed E-state index contributed by atoms with van der Waals surface area (Å²) in [5, 5.41) is 5.25. The first kappa shape index (κ1) is 14.4. The third-order valence-electron chi connectivity index (χ3n) is 3.41. The van der Waals surface area contributed by atoms with Gasteiger partial charge >= 0.3 is 0 Å². The van der Waals surface area contributed by atoms with Crippen LogP contribution in [0.15, 0.2) is 59.2 Å². The van der Waals surface area contributed by atoms with Gasteiger partial charge in [0, 0.05) is 27.1 Å². The van der Waals surface area contributed by atoms with Gasteiger partial charge < -0.3 is 5.32 Å². The molecular formula is C17H14BrClN2. The molecule has 0 spiro atoms. The number of rotatable bonds is 3. The second-order valence-corrected chi connectivity index (χ2v) is 6.21. The molecule has 0 aliphatic rings. The monoisotopic (exact) mass is 360 g/mol. The molecule has 0 fully saturated rings. The Morgan fingerprint density at radius 3 is 2.76 bits per heavy atom. The summed E-state index contributed by atoms with van der Waals surface area (Å²) in [4.78, 5) is 4.46. The SMILES string of the molecule is CC(Nc1cc(Cl)cc2cccnc12)c1ccccc1Br. The van der Waals surface area contributed by atoms with Gasteiger partial charge in [0.05, 0.1) is 11.2 Å². The second kappa shape index (κ2) is 6.04. The van der Waals surface area contributed by atoms with E-state index >= 15 is 0 Å². The first-order valence-corrected chi connectivity index (χ1v) is 7.87. The molecule has 0 radical (unpaired) electrons. The minimum Gasteiger partial charge on any atom is -0.377 e. The molecule has 21 heavy (non-hydrogen) atoms. The van der Waals surface area contributed by atoms with Crippen LogP contribution in [0.1, 0.15) is 18.5 Å². The van der Waals surface area contributed by atoms with Crippen LogP contribution >= 0.6 is 27.5 Å². The van der Waals surface area contributed by atoms with E-state index < -0.39 is 0 Å². The Morgan fingerprint density at radius 2 is 1.95 bits per heavy atom. The first-order chi connectivity index (χ1) is 10.1. The summed E-state index contributed by atoms with van der Waals surface area (Å²) >= 11 is 9.80. The normalized spacial score (nSPS) is 12.3. The first-order valence-electron chi connectivity index (χ1n) is 6.70. The molecule has 1 N–H and O–H groups in total. The molecule has 2 aromatic carbocycles. The fraction of sp³-hybridized carbons (Fsp3) is 0.118. The van der Waals surface area contributed by atoms with Gasteiger partial charge in [-0.3, -0.25) is 4.98 Å². The molecular weight excluding hydrogens is 348 g/mol. The molecule has 3 aromatic rings. The third-order valence-corrected chi connectivity index (χ3v) is 4.35. The highest BCUT2D eigenvalue weighted by Gasteiger charge is 2.11. The van der Waals surface area contributed by atoms with Crippen LogP contribution in [-0.2, 0) is 0 Å². The van der Waals surface area contributed by atoms with Gasteiger partial charge in [0.1, 0.15) is 0 Å². The zero-order valence-electron chi connectivity index (χ0n) is 11.5. The minimum absolute atomic E-state index is 0.143. The van der Waals surface area contributed by atoms with Crippen LogP contribution in [0, 0.1) is 0 Å². The molecule has 1 aromatic heterocycles. The van der Waals surface area contributed by atoms with Crippen LogP contribution in [0.3, 0.4) is 0 Å². The van der Waals surface area contributed by atoms with Gasteiger partial charge in [-0.1, -0.05) is 51.8 Å². The maximum absolute atomic E-state index is 6.21. The third kappa shape index (κ3) is 3.04. The number of hydrogen-bond acceptors (Lipinski definition) is 2. The molecule has 3 rings (SSSR count). The lowest BCUT2D eigenvalue weighted by atomic mass is 10.1. The van der Waals surface area contributed by atoms with E-state index in [0.717, 1.165) is 21.1 Å². The number of halogens is 2. The predicted octanol–water partition coefficient (Wildman–Crippen LogP) is 5.82. The van der Waals surface area contributed by atoms with E-state index in [1.165, 1.54) is 5.56 Å². The summed E-state index contributed by atoms with van der Waals surface area (Å²) in [6.45, 7) is 2.12. The van der Waals surface area contributed by atoms with Gasteiger partial charge in [-0.25, -0.2) is 0 Å². The topological polar surface area (TPSA) is 24.9 Å². The Bertz CT molecular complexity index is 789. The van der Waals surface area contributed by atoms with E-state index in [0.29, 0.717) is 5.02 Å². The average Bonchev–Trinajstić information content (AvgIpc) is 2.47. The van der Waals surface area contributed by atoms with Crippen LogP contribution < -0.4 is 5.32 Å². The van der Waals surface area contributed by atoms with Crippen molar-refractivity contribution in [3.63, 3.8) is 0 Å². The van der Waals surface area contributed by atoms with Crippen LogP contribution in [0.2, 0.25) is 5.02 Å². The lowest BCUT2D eigenvalue weighted by molar-refractivity contribution is 0.880. The highest BCUT2D eigenvalue weighted by molar-refractivity contribution is 9.10. The molecule has 2 nitrogen and oxygen atoms in total. The molecule has 0 amide bonds. The van der Waals surface area contributed by atoms with Crippen molar-refractivity contribution in [1.82, 2.24) is 4.98 Å². The molecule has 4 heteroatoms. The minimum atomic E-state index is 0.143. The molecule has 1 heterocycles.